The molecule has 0 fully saturated rings. The number of carbonyl (C=O) groups excluding carboxylic acids is 1. The first-order valence-corrected chi connectivity index (χ1v) is 8.76. The summed E-state index contributed by atoms with van der Waals surface area (Å²) in [6, 6.07) is 8.25. The topological polar surface area (TPSA) is 56.1 Å². The van der Waals surface area contributed by atoms with Gasteiger partial charge in [0, 0.05) is 18.5 Å². The zero-order chi connectivity index (χ0) is 17.6. The predicted molar refractivity (Wildman–Crippen MR) is 97.0 cm³/mol. The van der Waals surface area contributed by atoms with Crippen LogP contribution in [0, 0.1) is 5.92 Å². The predicted octanol–water partition coefficient (Wildman–Crippen LogP) is 4.37. The first-order valence-electron chi connectivity index (χ1n) is 8.76. The molecule has 0 radical (unpaired) electrons. The second-order valence-electron chi connectivity index (χ2n) is 7.26. The number of hydrogen-bond acceptors (Lipinski definition) is 3. The number of amides is 1. The van der Waals surface area contributed by atoms with Crippen molar-refractivity contribution in [2.45, 2.75) is 59.1 Å². The van der Waals surface area contributed by atoms with Gasteiger partial charge in [0.05, 0.1) is 11.7 Å². The zero-order valence-electron chi connectivity index (χ0n) is 15.2. The SMILES string of the molecule is CCCC(CCNC(=O)OC(C)(C)C)Cn1ncc2ccccc21. The van der Waals surface area contributed by atoms with Crippen molar-refractivity contribution in [1.82, 2.24) is 15.1 Å². The highest BCUT2D eigenvalue weighted by molar-refractivity contribution is 5.78. The van der Waals surface area contributed by atoms with E-state index in [-0.39, 0.29) is 6.09 Å². The summed E-state index contributed by atoms with van der Waals surface area (Å²) in [6.07, 6.45) is 4.72. The van der Waals surface area contributed by atoms with Crippen LogP contribution in [0.3, 0.4) is 0 Å². The molecule has 2 rings (SSSR count). The second kappa shape index (κ2) is 8.18. The Morgan fingerprint density at radius 1 is 1.29 bits per heavy atom. The molecule has 1 aromatic carbocycles. The monoisotopic (exact) mass is 331 g/mol. The minimum Gasteiger partial charge on any atom is -0.444 e. The van der Waals surface area contributed by atoms with E-state index in [1.54, 1.807) is 0 Å². The van der Waals surface area contributed by atoms with Crippen molar-refractivity contribution in [3.05, 3.63) is 30.5 Å². The number of aromatic nitrogens is 2. The molecule has 1 aromatic heterocycles. The highest BCUT2D eigenvalue weighted by Gasteiger charge is 2.17. The average molecular weight is 331 g/mol. The van der Waals surface area contributed by atoms with E-state index in [0.717, 1.165) is 25.8 Å². The Hall–Kier alpha value is -2.04. The second-order valence-corrected chi connectivity index (χ2v) is 7.26. The number of rotatable bonds is 7. The van der Waals surface area contributed by atoms with Gasteiger partial charge in [0.1, 0.15) is 5.60 Å². The summed E-state index contributed by atoms with van der Waals surface area (Å²) in [4.78, 5) is 11.7. The van der Waals surface area contributed by atoms with Crippen molar-refractivity contribution >= 4 is 17.0 Å². The maximum atomic E-state index is 11.7. The maximum Gasteiger partial charge on any atom is 0.407 e. The molecular formula is C19H29N3O2. The number of carbonyl (C=O) groups is 1. The van der Waals surface area contributed by atoms with E-state index in [4.69, 9.17) is 4.74 Å². The van der Waals surface area contributed by atoms with Crippen LogP contribution in [0.1, 0.15) is 47.0 Å². The van der Waals surface area contributed by atoms with E-state index in [2.05, 4.69) is 34.2 Å². The van der Waals surface area contributed by atoms with Crippen LogP contribution in [0.2, 0.25) is 0 Å². The molecule has 0 saturated heterocycles. The molecule has 5 nitrogen and oxygen atoms in total. The number of nitrogens with zero attached hydrogens (tertiary/aromatic N) is 2. The summed E-state index contributed by atoms with van der Waals surface area (Å²) in [7, 11) is 0. The quantitative estimate of drug-likeness (QED) is 0.820. The van der Waals surface area contributed by atoms with Gasteiger partial charge in [0.15, 0.2) is 0 Å². The molecule has 0 spiro atoms. The van der Waals surface area contributed by atoms with Crippen molar-refractivity contribution in [3.8, 4) is 0 Å². The fourth-order valence-corrected chi connectivity index (χ4v) is 2.84. The lowest BCUT2D eigenvalue weighted by Gasteiger charge is -2.21. The number of para-hydroxylation sites is 1. The molecule has 132 valence electrons. The fraction of sp³-hybridized carbons (Fsp3) is 0.579. The number of fused-ring (bicyclic) bond motifs is 1. The van der Waals surface area contributed by atoms with Gasteiger partial charge in [0.2, 0.25) is 0 Å². The molecule has 0 saturated carbocycles. The summed E-state index contributed by atoms with van der Waals surface area (Å²) in [5, 5.41) is 8.53. The van der Waals surface area contributed by atoms with Crippen LogP contribution in [0.4, 0.5) is 4.79 Å². The molecule has 0 aliphatic carbocycles. The van der Waals surface area contributed by atoms with Gasteiger partial charge < -0.3 is 10.1 Å². The largest absolute Gasteiger partial charge is 0.444 e. The molecule has 1 N–H and O–H groups in total. The van der Waals surface area contributed by atoms with Gasteiger partial charge in [-0.3, -0.25) is 4.68 Å². The van der Waals surface area contributed by atoms with Crippen molar-refractivity contribution in [1.29, 1.82) is 0 Å². The maximum absolute atomic E-state index is 11.7. The van der Waals surface area contributed by atoms with Crippen molar-refractivity contribution in [2.75, 3.05) is 6.54 Å². The summed E-state index contributed by atoms with van der Waals surface area (Å²) >= 11 is 0. The lowest BCUT2D eigenvalue weighted by Crippen LogP contribution is -2.33. The normalized spacial score (nSPS) is 13.0. The summed E-state index contributed by atoms with van der Waals surface area (Å²) in [5.41, 5.74) is 0.708. The Kier molecular flexibility index (Phi) is 6.23. The van der Waals surface area contributed by atoms with Crippen LogP contribution in [-0.2, 0) is 11.3 Å². The van der Waals surface area contributed by atoms with Crippen LogP contribution in [0.15, 0.2) is 30.5 Å². The van der Waals surface area contributed by atoms with E-state index < -0.39 is 5.60 Å². The molecule has 0 bridgehead atoms. The van der Waals surface area contributed by atoms with E-state index >= 15 is 0 Å². The highest BCUT2D eigenvalue weighted by atomic mass is 16.6. The molecule has 1 amide bonds. The molecule has 0 aliphatic rings. The minimum absolute atomic E-state index is 0.345. The van der Waals surface area contributed by atoms with Crippen LogP contribution in [-0.4, -0.2) is 28.0 Å². The van der Waals surface area contributed by atoms with Gasteiger partial charge in [-0.05, 0) is 45.6 Å². The summed E-state index contributed by atoms with van der Waals surface area (Å²) in [5.74, 6) is 0.480. The van der Waals surface area contributed by atoms with E-state index in [0.29, 0.717) is 12.5 Å². The third-order valence-corrected chi connectivity index (χ3v) is 3.90. The number of ether oxygens (including phenoxy) is 1. The van der Waals surface area contributed by atoms with E-state index in [1.165, 1.54) is 10.9 Å². The Balaban J connectivity index is 1.89. The molecule has 0 aliphatic heterocycles. The molecule has 24 heavy (non-hydrogen) atoms. The molecule has 1 atom stereocenters. The molecular weight excluding hydrogens is 302 g/mol. The Bertz CT molecular complexity index is 658. The van der Waals surface area contributed by atoms with Crippen LogP contribution in [0.5, 0.6) is 0 Å². The molecule has 1 unspecified atom stereocenters. The first-order chi connectivity index (χ1) is 11.4. The molecule has 2 aromatic rings. The third kappa shape index (κ3) is 5.55. The van der Waals surface area contributed by atoms with E-state index in [1.807, 2.05) is 39.1 Å². The number of nitrogens with one attached hydrogen (secondary N) is 1. The zero-order valence-corrected chi connectivity index (χ0v) is 15.2. The van der Waals surface area contributed by atoms with Gasteiger partial charge in [-0.1, -0.05) is 31.5 Å². The lowest BCUT2D eigenvalue weighted by molar-refractivity contribution is 0.0524. The molecule has 1 heterocycles. The Morgan fingerprint density at radius 2 is 2.04 bits per heavy atom. The third-order valence-electron chi connectivity index (χ3n) is 3.90. The van der Waals surface area contributed by atoms with Gasteiger partial charge in [0.25, 0.3) is 0 Å². The van der Waals surface area contributed by atoms with Gasteiger partial charge >= 0.3 is 6.09 Å². The lowest BCUT2D eigenvalue weighted by atomic mass is 10.00. The average Bonchev–Trinajstić information content (AvgIpc) is 2.89. The van der Waals surface area contributed by atoms with Crippen molar-refractivity contribution in [2.24, 2.45) is 5.92 Å². The first kappa shape index (κ1) is 18.3. The van der Waals surface area contributed by atoms with Gasteiger partial charge in [-0.15, -0.1) is 0 Å². The number of benzene rings is 1. The smallest absolute Gasteiger partial charge is 0.407 e. The number of hydrogen-bond donors (Lipinski definition) is 1. The minimum atomic E-state index is -0.457. The van der Waals surface area contributed by atoms with Crippen molar-refractivity contribution < 1.29 is 9.53 Å². The Labute approximate surface area is 144 Å². The highest BCUT2D eigenvalue weighted by Crippen LogP contribution is 2.18. The van der Waals surface area contributed by atoms with Crippen LogP contribution < -0.4 is 5.32 Å². The standard InChI is InChI=1S/C19H29N3O2/c1-5-8-15(11-12-20-18(23)24-19(2,3)4)14-22-17-10-7-6-9-16(17)13-21-22/h6-7,9-10,13,15H,5,8,11-12,14H2,1-4H3,(H,20,23). The fourth-order valence-electron chi connectivity index (χ4n) is 2.84. The summed E-state index contributed by atoms with van der Waals surface area (Å²) < 4.78 is 7.35. The number of alkyl carbamates (subject to hydrolysis) is 1. The van der Waals surface area contributed by atoms with Crippen molar-refractivity contribution in [3.63, 3.8) is 0 Å². The van der Waals surface area contributed by atoms with Gasteiger partial charge in [-0.25, -0.2) is 4.79 Å². The van der Waals surface area contributed by atoms with Gasteiger partial charge in [-0.2, -0.15) is 5.10 Å². The Morgan fingerprint density at radius 3 is 2.75 bits per heavy atom. The van der Waals surface area contributed by atoms with Crippen LogP contribution >= 0.6 is 0 Å². The van der Waals surface area contributed by atoms with Crippen LogP contribution in [0.25, 0.3) is 10.9 Å². The molecule has 5 heteroatoms. The summed E-state index contributed by atoms with van der Waals surface area (Å²) in [6.45, 7) is 9.30. The van der Waals surface area contributed by atoms with E-state index in [9.17, 15) is 4.79 Å².